The number of hydrogen-bond donors (Lipinski definition) is 2. The lowest BCUT2D eigenvalue weighted by Crippen LogP contribution is -2.16. The number of rotatable bonds is 7. The van der Waals surface area contributed by atoms with Gasteiger partial charge in [0.2, 0.25) is 0 Å². The number of nitrogens with one attached hydrogen (secondary N) is 2. The summed E-state index contributed by atoms with van der Waals surface area (Å²) >= 11 is 0. The number of carbonyl (C=O) groups excluding carboxylic acids is 3. The van der Waals surface area contributed by atoms with Crippen LogP contribution >= 0.6 is 0 Å². The van der Waals surface area contributed by atoms with E-state index >= 15 is 0 Å². The minimum atomic E-state index is -0.242. The summed E-state index contributed by atoms with van der Waals surface area (Å²) in [5.74, 6) is -0.267. The molecule has 6 heteroatoms. The zero-order valence-corrected chi connectivity index (χ0v) is 15.9. The molecule has 0 aromatic carbocycles. The predicted molar refractivity (Wildman–Crippen MR) is 102 cm³/mol. The van der Waals surface area contributed by atoms with Crippen LogP contribution in [-0.2, 0) is 27.2 Å². The van der Waals surface area contributed by atoms with Crippen molar-refractivity contribution in [1.29, 1.82) is 0 Å². The largest absolute Gasteiger partial charge is 0.466 e. The normalized spacial score (nSPS) is 18.0. The number of esters is 1. The molecular formula is C21H26N2O4. The van der Waals surface area contributed by atoms with Crippen LogP contribution in [0.3, 0.4) is 0 Å². The van der Waals surface area contributed by atoms with E-state index in [2.05, 4.69) is 10.3 Å². The van der Waals surface area contributed by atoms with E-state index in [1.54, 1.807) is 0 Å². The maximum absolute atomic E-state index is 12.2. The first-order chi connectivity index (χ1) is 13.1. The van der Waals surface area contributed by atoms with E-state index in [-0.39, 0.29) is 18.3 Å². The van der Waals surface area contributed by atoms with Crippen LogP contribution in [0.15, 0.2) is 16.8 Å². The number of fused-ring (bicyclic) bond motifs is 2. The molecule has 1 aromatic rings. The molecule has 0 radical (unpaired) electrons. The van der Waals surface area contributed by atoms with Gasteiger partial charge in [-0.1, -0.05) is 13.8 Å². The van der Waals surface area contributed by atoms with Crippen molar-refractivity contribution in [2.24, 2.45) is 0 Å². The molecule has 144 valence electrons. The van der Waals surface area contributed by atoms with E-state index in [4.69, 9.17) is 4.74 Å². The van der Waals surface area contributed by atoms with E-state index in [9.17, 15) is 14.4 Å². The number of carbonyl (C=O) groups is 3. The van der Waals surface area contributed by atoms with Gasteiger partial charge >= 0.3 is 5.97 Å². The Kier molecular flexibility index (Phi) is 5.94. The smallest absolute Gasteiger partial charge is 0.306 e. The highest BCUT2D eigenvalue weighted by Crippen LogP contribution is 2.34. The van der Waals surface area contributed by atoms with Gasteiger partial charge in [-0.05, 0) is 61.3 Å². The van der Waals surface area contributed by atoms with Crippen molar-refractivity contribution in [1.82, 2.24) is 10.3 Å². The maximum atomic E-state index is 12.2. The fourth-order valence-corrected chi connectivity index (χ4v) is 3.87. The van der Waals surface area contributed by atoms with Gasteiger partial charge in [0, 0.05) is 23.4 Å². The van der Waals surface area contributed by atoms with Gasteiger partial charge in [-0.15, -0.1) is 0 Å². The van der Waals surface area contributed by atoms with Gasteiger partial charge in [0.05, 0.1) is 12.3 Å². The molecule has 1 aromatic heterocycles. The van der Waals surface area contributed by atoms with Gasteiger partial charge in [0.25, 0.3) is 5.91 Å². The molecule has 0 unspecified atom stereocenters. The van der Waals surface area contributed by atoms with Gasteiger partial charge in [0.1, 0.15) is 0 Å². The van der Waals surface area contributed by atoms with Gasteiger partial charge in [-0.25, -0.2) is 0 Å². The Hall–Kier alpha value is -2.63. The minimum Gasteiger partial charge on any atom is -0.466 e. The monoisotopic (exact) mass is 370 g/mol. The Bertz CT molecular complexity index is 829. The van der Waals surface area contributed by atoms with Crippen molar-refractivity contribution in [3.05, 3.63) is 39.4 Å². The van der Waals surface area contributed by atoms with Crippen LogP contribution in [0.1, 0.15) is 73.3 Å². The molecule has 0 spiro atoms. The van der Waals surface area contributed by atoms with Crippen molar-refractivity contribution in [3.63, 3.8) is 0 Å². The fraction of sp³-hybridized carbons (Fsp3) is 0.476. The summed E-state index contributed by atoms with van der Waals surface area (Å²) in [6.45, 7) is 4.37. The third-order valence-electron chi connectivity index (χ3n) is 5.16. The van der Waals surface area contributed by atoms with Crippen molar-refractivity contribution < 1.29 is 19.1 Å². The summed E-state index contributed by atoms with van der Waals surface area (Å²) in [6.07, 6.45) is 7.48. The number of ether oxygens (including phenoxy) is 1. The predicted octanol–water partition coefficient (Wildman–Crippen LogP) is 3.23. The van der Waals surface area contributed by atoms with Crippen LogP contribution in [0.25, 0.3) is 6.08 Å². The highest BCUT2D eigenvalue weighted by molar-refractivity contribution is 6.01. The number of aldehydes is 1. The summed E-state index contributed by atoms with van der Waals surface area (Å²) in [7, 11) is 0. The number of aromatic nitrogens is 1. The molecule has 3 rings (SSSR count). The number of H-pyrrole nitrogens is 1. The Morgan fingerprint density at radius 3 is 2.81 bits per heavy atom. The maximum Gasteiger partial charge on any atom is 0.306 e. The van der Waals surface area contributed by atoms with Crippen molar-refractivity contribution in [3.8, 4) is 0 Å². The zero-order chi connectivity index (χ0) is 19.4. The van der Waals surface area contributed by atoms with Crippen LogP contribution in [0.2, 0.25) is 0 Å². The molecule has 0 saturated carbocycles. The minimum absolute atomic E-state index is 0.0248. The van der Waals surface area contributed by atoms with E-state index in [1.165, 1.54) is 0 Å². The highest BCUT2D eigenvalue weighted by atomic mass is 16.5. The molecule has 0 atom stereocenters. The van der Waals surface area contributed by atoms with E-state index in [0.29, 0.717) is 25.1 Å². The van der Waals surface area contributed by atoms with Crippen LogP contribution in [-0.4, -0.2) is 29.8 Å². The second kappa shape index (κ2) is 8.37. The van der Waals surface area contributed by atoms with E-state index < -0.39 is 0 Å². The van der Waals surface area contributed by atoms with Gasteiger partial charge in [-0.3, -0.25) is 14.4 Å². The van der Waals surface area contributed by atoms with Crippen LogP contribution in [0, 0.1) is 0 Å². The summed E-state index contributed by atoms with van der Waals surface area (Å²) in [5, 5.41) is 2.95. The Morgan fingerprint density at radius 2 is 2.11 bits per heavy atom. The molecule has 1 aliphatic heterocycles. The fourth-order valence-electron chi connectivity index (χ4n) is 3.87. The molecule has 0 bridgehead atoms. The average molecular weight is 370 g/mol. The van der Waals surface area contributed by atoms with Crippen LogP contribution in [0.5, 0.6) is 0 Å². The third-order valence-corrected chi connectivity index (χ3v) is 5.16. The average Bonchev–Trinajstić information content (AvgIpc) is 3.12. The Labute approximate surface area is 159 Å². The number of aromatic amines is 1. The summed E-state index contributed by atoms with van der Waals surface area (Å²) in [5.41, 5.74) is 6.06. The second-order valence-corrected chi connectivity index (χ2v) is 6.92. The van der Waals surface area contributed by atoms with Gasteiger partial charge in [-0.2, -0.15) is 0 Å². The van der Waals surface area contributed by atoms with E-state index in [0.717, 1.165) is 65.6 Å². The lowest BCUT2D eigenvalue weighted by molar-refractivity contribution is -0.143. The highest BCUT2D eigenvalue weighted by Gasteiger charge is 2.28. The lowest BCUT2D eigenvalue weighted by atomic mass is 9.92. The van der Waals surface area contributed by atoms with Crippen LogP contribution < -0.4 is 5.32 Å². The molecule has 2 N–H and O–H groups in total. The molecule has 27 heavy (non-hydrogen) atoms. The summed E-state index contributed by atoms with van der Waals surface area (Å²) in [6, 6.07) is 0. The van der Waals surface area contributed by atoms with Crippen LogP contribution in [0.4, 0.5) is 0 Å². The molecule has 6 nitrogen and oxygen atoms in total. The Morgan fingerprint density at radius 1 is 1.30 bits per heavy atom. The Balaban J connectivity index is 1.90. The molecular weight excluding hydrogens is 344 g/mol. The van der Waals surface area contributed by atoms with E-state index in [1.807, 2.05) is 19.9 Å². The second-order valence-electron chi connectivity index (χ2n) is 6.92. The first kappa shape index (κ1) is 19.1. The first-order valence-electron chi connectivity index (χ1n) is 9.68. The molecule has 1 aliphatic carbocycles. The zero-order valence-electron chi connectivity index (χ0n) is 15.9. The van der Waals surface area contributed by atoms with Crippen molar-refractivity contribution in [2.45, 2.75) is 58.8 Å². The standard InChI is InChI=1S/C21H26N2O4/c1-3-10-27-20(25)9-8-16-15-7-5-6-14-13(4-2)21(26)23-18(14)11-17(15)22-19(16)12-24/h11-12,22H,3-10H2,1-2H3,(H,23,26)/b18-11+. The molecule has 2 heterocycles. The first-order valence-corrected chi connectivity index (χ1v) is 9.68. The molecule has 0 saturated heterocycles. The van der Waals surface area contributed by atoms with Gasteiger partial charge in [0.15, 0.2) is 6.29 Å². The summed E-state index contributed by atoms with van der Waals surface area (Å²) < 4.78 is 5.14. The molecule has 2 aliphatic rings. The van der Waals surface area contributed by atoms with Crippen molar-refractivity contribution >= 4 is 24.2 Å². The van der Waals surface area contributed by atoms with Gasteiger partial charge < -0.3 is 15.0 Å². The lowest BCUT2D eigenvalue weighted by Gasteiger charge is -2.13. The number of hydrogen-bond acceptors (Lipinski definition) is 4. The quantitative estimate of drug-likeness (QED) is 0.570. The number of amides is 1. The number of allylic oxidation sites excluding steroid dienone is 1. The SMILES string of the molecule is CCCOC(=O)CCc1c(C=O)[nH]c2c1CCCC1=C(CC)C(=O)N/C1=C/2. The molecule has 0 fully saturated rings. The third kappa shape index (κ3) is 3.89. The topological polar surface area (TPSA) is 88.3 Å². The summed E-state index contributed by atoms with van der Waals surface area (Å²) in [4.78, 5) is 38.8. The molecule has 1 amide bonds. The van der Waals surface area contributed by atoms with Crippen molar-refractivity contribution in [2.75, 3.05) is 6.61 Å².